The van der Waals surface area contributed by atoms with Gasteiger partial charge in [0.05, 0.1) is 5.52 Å². The minimum atomic E-state index is -0.0421. The molecule has 3 aromatic carbocycles. The van der Waals surface area contributed by atoms with E-state index in [9.17, 15) is 9.59 Å². The van der Waals surface area contributed by atoms with Crippen LogP contribution < -0.4 is 0 Å². The molecule has 0 radical (unpaired) electrons. The van der Waals surface area contributed by atoms with Crippen molar-refractivity contribution in [2.75, 3.05) is 25.4 Å². The second-order valence-electron chi connectivity index (χ2n) is 13.3. The molecule has 9 heteroatoms. The molecular weight excluding hydrogens is 593 g/mol. The molecule has 6 rings (SSSR count). The Morgan fingerprint density at radius 1 is 0.957 bits per heavy atom. The first-order valence-electron chi connectivity index (χ1n) is 16.1. The van der Waals surface area contributed by atoms with Crippen molar-refractivity contribution in [2.45, 2.75) is 70.6 Å². The van der Waals surface area contributed by atoms with Crippen molar-refractivity contribution in [1.29, 1.82) is 0 Å². The number of hydrogen-bond acceptors (Lipinski definition) is 6. The van der Waals surface area contributed by atoms with Gasteiger partial charge in [0.2, 0.25) is 11.1 Å². The van der Waals surface area contributed by atoms with Crippen molar-refractivity contribution in [3.8, 4) is 0 Å². The zero-order valence-electron chi connectivity index (χ0n) is 27.4. The average molecular weight is 635 g/mol. The molecule has 8 nitrogen and oxygen atoms in total. The van der Waals surface area contributed by atoms with E-state index in [0.717, 1.165) is 27.8 Å². The van der Waals surface area contributed by atoms with Crippen molar-refractivity contribution in [3.63, 3.8) is 0 Å². The van der Waals surface area contributed by atoms with E-state index in [-0.39, 0.29) is 23.3 Å². The number of carbonyl (C=O) groups excluding carboxylic acids is 2. The highest BCUT2D eigenvalue weighted by molar-refractivity contribution is 7.99. The molecular formula is C37H42N6O2S. The number of piperazine rings is 1. The minimum absolute atomic E-state index is 0.0278. The van der Waals surface area contributed by atoms with Crippen molar-refractivity contribution in [2.24, 2.45) is 0 Å². The summed E-state index contributed by atoms with van der Waals surface area (Å²) in [6.45, 7) is 12.9. The summed E-state index contributed by atoms with van der Waals surface area (Å²) >= 11 is 1.54. The predicted molar refractivity (Wildman–Crippen MR) is 185 cm³/mol. The Balaban J connectivity index is 1.04. The minimum Gasteiger partial charge on any atom is -0.339 e. The van der Waals surface area contributed by atoms with E-state index < -0.39 is 0 Å². The number of rotatable bonds is 8. The zero-order chi connectivity index (χ0) is 32.4. The Kier molecular flexibility index (Phi) is 9.13. The van der Waals surface area contributed by atoms with Crippen LogP contribution in [0.5, 0.6) is 0 Å². The van der Waals surface area contributed by atoms with Gasteiger partial charge in [-0.2, -0.15) is 0 Å². The highest BCUT2D eigenvalue weighted by Gasteiger charge is 2.30. The number of amides is 2. The lowest BCUT2D eigenvalue weighted by atomic mass is 9.86. The lowest BCUT2D eigenvalue weighted by Crippen LogP contribution is -2.55. The molecule has 1 saturated heterocycles. The first-order valence-corrected chi connectivity index (χ1v) is 17.1. The third-order valence-electron chi connectivity index (χ3n) is 8.79. The van der Waals surface area contributed by atoms with E-state index in [0.29, 0.717) is 49.7 Å². The van der Waals surface area contributed by atoms with Crippen LogP contribution in [-0.2, 0) is 16.8 Å². The number of carbonyl (C=O) groups is 2. The number of aryl methyl sites for hydroxylation is 1. The smallest absolute Gasteiger partial charge is 0.254 e. The van der Waals surface area contributed by atoms with Gasteiger partial charge < -0.3 is 14.4 Å². The van der Waals surface area contributed by atoms with Crippen LogP contribution in [0.4, 0.5) is 0 Å². The number of aromatic nitrogens is 4. The van der Waals surface area contributed by atoms with Crippen LogP contribution in [0.3, 0.4) is 0 Å². The monoisotopic (exact) mass is 634 g/mol. The van der Waals surface area contributed by atoms with Crippen LogP contribution in [0, 0.1) is 6.92 Å². The maximum Gasteiger partial charge on any atom is 0.254 e. The van der Waals surface area contributed by atoms with Crippen LogP contribution >= 0.6 is 11.8 Å². The standard InChI is InChI=1S/C37H42N6O2S/c1-25-13-18-31-30(22-25)33-34(43(31)24-27-10-7-6-8-11-27)38-36(40-39-33)46-21-9-12-32(44)41-19-20-42(26(2)23-41)35(45)28-14-16-29(17-15-28)37(3,4)5/h6-8,10-11,13-18,22,26H,9,12,19-21,23-24H2,1-5H3. The summed E-state index contributed by atoms with van der Waals surface area (Å²) < 4.78 is 2.22. The first-order chi connectivity index (χ1) is 22.1. The van der Waals surface area contributed by atoms with Gasteiger partial charge in [-0.3, -0.25) is 9.59 Å². The fraction of sp³-hybridized carbons (Fsp3) is 0.378. The first kappa shape index (κ1) is 31.7. The third kappa shape index (κ3) is 6.79. The van der Waals surface area contributed by atoms with E-state index >= 15 is 0 Å². The van der Waals surface area contributed by atoms with Gasteiger partial charge >= 0.3 is 0 Å². The SMILES string of the molecule is Cc1ccc2c(c1)c1nnc(SCCCC(=O)N3CCN(C(=O)c4ccc(C(C)(C)C)cc4)C(C)C3)nc1n2Cc1ccccc1. The quantitative estimate of drug-likeness (QED) is 0.137. The highest BCUT2D eigenvalue weighted by Crippen LogP contribution is 2.29. The summed E-state index contributed by atoms with van der Waals surface area (Å²) in [5.74, 6) is 0.872. The number of fused-ring (bicyclic) bond motifs is 3. The van der Waals surface area contributed by atoms with Gasteiger partial charge in [0, 0.05) is 55.3 Å². The summed E-state index contributed by atoms with van der Waals surface area (Å²) in [5.41, 5.74) is 7.03. The molecule has 3 heterocycles. The molecule has 1 unspecified atom stereocenters. The second kappa shape index (κ2) is 13.2. The van der Waals surface area contributed by atoms with Crippen LogP contribution in [-0.4, -0.2) is 72.8 Å². The van der Waals surface area contributed by atoms with E-state index in [4.69, 9.17) is 4.98 Å². The average Bonchev–Trinajstić information content (AvgIpc) is 3.34. The van der Waals surface area contributed by atoms with Crippen molar-refractivity contribution in [3.05, 3.63) is 95.1 Å². The highest BCUT2D eigenvalue weighted by atomic mass is 32.2. The summed E-state index contributed by atoms with van der Waals surface area (Å²) in [5, 5.41) is 10.7. The van der Waals surface area contributed by atoms with Gasteiger partial charge in [-0.15, -0.1) is 10.2 Å². The van der Waals surface area contributed by atoms with Gasteiger partial charge in [0.25, 0.3) is 5.91 Å². The molecule has 1 aliphatic heterocycles. The molecule has 0 aliphatic carbocycles. The van der Waals surface area contributed by atoms with Crippen LogP contribution in [0.25, 0.3) is 22.1 Å². The Morgan fingerprint density at radius 2 is 1.72 bits per heavy atom. The molecule has 1 atom stereocenters. The van der Waals surface area contributed by atoms with Crippen LogP contribution in [0.2, 0.25) is 0 Å². The summed E-state index contributed by atoms with van der Waals surface area (Å²) in [4.78, 5) is 35.1. The molecule has 1 fully saturated rings. The molecule has 46 heavy (non-hydrogen) atoms. The number of nitrogens with zero attached hydrogens (tertiary/aromatic N) is 6. The van der Waals surface area contributed by atoms with E-state index in [1.165, 1.54) is 28.5 Å². The Morgan fingerprint density at radius 3 is 2.43 bits per heavy atom. The molecule has 0 N–H and O–H groups in total. The molecule has 0 spiro atoms. The van der Waals surface area contributed by atoms with Gasteiger partial charge in [-0.1, -0.05) is 86.6 Å². The predicted octanol–water partition coefficient (Wildman–Crippen LogP) is 6.88. The number of thioether (sulfide) groups is 1. The van der Waals surface area contributed by atoms with Gasteiger partial charge in [-0.05, 0) is 61.1 Å². The van der Waals surface area contributed by atoms with Crippen molar-refractivity contribution < 1.29 is 9.59 Å². The van der Waals surface area contributed by atoms with Crippen LogP contribution in [0.15, 0.2) is 78.0 Å². The summed E-state index contributed by atoms with van der Waals surface area (Å²) in [6, 6.07) is 24.7. The maximum absolute atomic E-state index is 13.3. The topological polar surface area (TPSA) is 84.2 Å². The Labute approximate surface area is 275 Å². The summed E-state index contributed by atoms with van der Waals surface area (Å²) in [6.07, 6.45) is 1.16. The largest absolute Gasteiger partial charge is 0.339 e. The third-order valence-corrected chi connectivity index (χ3v) is 9.72. The maximum atomic E-state index is 13.3. The zero-order valence-corrected chi connectivity index (χ0v) is 28.2. The normalized spacial score (nSPS) is 15.5. The lowest BCUT2D eigenvalue weighted by molar-refractivity contribution is -0.133. The van der Waals surface area contributed by atoms with E-state index in [1.807, 2.05) is 47.1 Å². The van der Waals surface area contributed by atoms with E-state index in [2.05, 4.69) is 84.9 Å². The molecule has 2 aromatic heterocycles. The van der Waals surface area contributed by atoms with Gasteiger partial charge in [0.15, 0.2) is 5.65 Å². The van der Waals surface area contributed by atoms with E-state index in [1.54, 1.807) is 0 Å². The molecule has 5 aromatic rings. The molecule has 1 aliphatic rings. The number of hydrogen-bond donors (Lipinski definition) is 0. The molecule has 0 saturated carbocycles. The number of benzene rings is 3. The van der Waals surface area contributed by atoms with Gasteiger partial charge in [-0.25, -0.2) is 4.98 Å². The second-order valence-corrected chi connectivity index (χ2v) is 14.4. The van der Waals surface area contributed by atoms with Crippen LogP contribution in [0.1, 0.15) is 67.6 Å². The fourth-order valence-corrected chi connectivity index (χ4v) is 6.87. The lowest BCUT2D eigenvalue weighted by Gasteiger charge is -2.40. The van der Waals surface area contributed by atoms with Crippen molar-refractivity contribution in [1.82, 2.24) is 29.5 Å². The Bertz CT molecular complexity index is 1860. The van der Waals surface area contributed by atoms with Gasteiger partial charge in [0.1, 0.15) is 5.52 Å². The molecule has 2 amide bonds. The molecule has 238 valence electrons. The summed E-state index contributed by atoms with van der Waals surface area (Å²) in [7, 11) is 0. The fourth-order valence-electron chi connectivity index (χ4n) is 6.15. The van der Waals surface area contributed by atoms with Crippen molar-refractivity contribution >= 4 is 45.6 Å². The Hall–Kier alpha value is -4.24. The molecule has 0 bridgehead atoms.